The van der Waals surface area contributed by atoms with E-state index < -0.39 is 0 Å². The third kappa shape index (κ3) is 2.83. The van der Waals surface area contributed by atoms with Gasteiger partial charge < -0.3 is 11.1 Å². The molecule has 3 fully saturated rings. The van der Waals surface area contributed by atoms with Crippen LogP contribution in [0.2, 0.25) is 0 Å². The summed E-state index contributed by atoms with van der Waals surface area (Å²) in [5, 5.41) is 3.31. The number of hydrogen-bond donors (Lipinski definition) is 2. The molecule has 3 aliphatic carbocycles. The Balaban J connectivity index is 0.00000120. The van der Waals surface area contributed by atoms with Crippen LogP contribution in [-0.2, 0) is 4.79 Å². The second-order valence-electron chi connectivity index (χ2n) is 6.41. The van der Waals surface area contributed by atoms with E-state index in [2.05, 4.69) is 5.32 Å². The number of amides is 1. The Morgan fingerprint density at radius 3 is 2.50 bits per heavy atom. The van der Waals surface area contributed by atoms with Crippen LogP contribution in [0.15, 0.2) is 0 Å². The number of hydrogen-bond acceptors (Lipinski definition) is 2. The lowest BCUT2D eigenvalue weighted by Gasteiger charge is -2.29. The minimum absolute atomic E-state index is 0. The van der Waals surface area contributed by atoms with Crippen LogP contribution in [0.3, 0.4) is 0 Å². The summed E-state index contributed by atoms with van der Waals surface area (Å²) in [4.78, 5) is 12.2. The van der Waals surface area contributed by atoms with Gasteiger partial charge in [0.1, 0.15) is 0 Å². The van der Waals surface area contributed by atoms with E-state index in [1.54, 1.807) is 0 Å². The van der Waals surface area contributed by atoms with E-state index in [1.807, 2.05) is 0 Å². The molecule has 0 radical (unpaired) electrons. The van der Waals surface area contributed by atoms with Gasteiger partial charge in [-0.25, -0.2) is 0 Å². The van der Waals surface area contributed by atoms with Gasteiger partial charge in [0, 0.05) is 18.0 Å². The van der Waals surface area contributed by atoms with Crippen molar-refractivity contribution in [1.82, 2.24) is 5.32 Å². The Hall–Kier alpha value is -0.280. The molecular weight excluding hydrogens is 248 g/mol. The van der Waals surface area contributed by atoms with Crippen molar-refractivity contribution in [2.45, 2.75) is 63.5 Å². The summed E-state index contributed by atoms with van der Waals surface area (Å²) in [5.74, 6) is 2.16. The lowest BCUT2D eigenvalue weighted by atomic mass is 9.85. The summed E-state index contributed by atoms with van der Waals surface area (Å²) >= 11 is 0. The van der Waals surface area contributed by atoms with Crippen LogP contribution < -0.4 is 11.1 Å². The first-order valence-corrected chi connectivity index (χ1v) is 7.28. The summed E-state index contributed by atoms with van der Waals surface area (Å²) in [6.07, 6.45) is 9.47. The lowest BCUT2D eigenvalue weighted by Crippen LogP contribution is -2.44. The van der Waals surface area contributed by atoms with Crippen molar-refractivity contribution >= 4 is 18.3 Å². The standard InChI is InChI=1S/C14H24N2O.ClH/c15-12-3-1-2-11(8-12)14(17)16-13-7-9-4-5-10(13)6-9;/h9-13H,1-8,15H2,(H,16,17);1H. The molecule has 3 aliphatic rings. The number of fused-ring (bicyclic) bond motifs is 2. The van der Waals surface area contributed by atoms with E-state index in [0.717, 1.165) is 37.5 Å². The molecule has 3 saturated carbocycles. The molecule has 0 aromatic rings. The van der Waals surface area contributed by atoms with E-state index >= 15 is 0 Å². The largest absolute Gasteiger partial charge is 0.353 e. The summed E-state index contributed by atoms with van der Waals surface area (Å²) in [7, 11) is 0. The third-order valence-electron chi connectivity index (χ3n) is 5.15. The third-order valence-corrected chi connectivity index (χ3v) is 5.15. The molecule has 5 unspecified atom stereocenters. The van der Waals surface area contributed by atoms with Crippen LogP contribution in [0.4, 0.5) is 0 Å². The average Bonchev–Trinajstić information content (AvgIpc) is 2.91. The van der Waals surface area contributed by atoms with Crippen molar-refractivity contribution in [3.8, 4) is 0 Å². The van der Waals surface area contributed by atoms with Crippen LogP contribution in [-0.4, -0.2) is 18.0 Å². The first kappa shape index (κ1) is 14.1. The maximum atomic E-state index is 12.2. The molecule has 4 heteroatoms. The Bertz CT molecular complexity index is 310. The van der Waals surface area contributed by atoms with Crippen molar-refractivity contribution in [2.75, 3.05) is 0 Å². The van der Waals surface area contributed by atoms with Crippen molar-refractivity contribution in [2.24, 2.45) is 23.5 Å². The van der Waals surface area contributed by atoms with Crippen LogP contribution >= 0.6 is 12.4 Å². The molecule has 3 N–H and O–H groups in total. The van der Waals surface area contributed by atoms with Gasteiger partial charge in [0.05, 0.1) is 0 Å². The molecular formula is C14H25ClN2O. The van der Waals surface area contributed by atoms with E-state index in [4.69, 9.17) is 5.73 Å². The normalized spacial score (nSPS) is 42.4. The summed E-state index contributed by atoms with van der Waals surface area (Å²) < 4.78 is 0. The van der Waals surface area contributed by atoms with Gasteiger partial charge in [0.2, 0.25) is 5.91 Å². The van der Waals surface area contributed by atoms with Gasteiger partial charge >= 0.3 is 0 Å². The fraction of sp³-hybridized carbons (Fsp3) is 0.929. The van der Waals surface area contributed by atoms with E-state index in [1.165, 1.54) is 25.7 Å². The van der Waals surface area contributed by atoms with Crippen molar-refractivity contribution in [3.05, 3.63) is 0 Å². The second kappa shape index (κ2) is 5.79. The Morgan fingerprint density at radius 2 is 1.89 bits per heavy atom. The highest BCUT2D eigenvalue weighted by molar-refractivity contribution is 5.85. The monoisotopic (exact) mass is 272 g/mol. The molecule has 3 rings (SSSR count). The first-order valence-electron chi connectivity index (χ1n) is 7.28. The van der Waals surface area contributed by atoms with Gasteiger partial charge in [0.25, 0.3) is 0 Å². The molecule has 0 saturated heterocycles. The van der Waals surface area contributed by atoms with Gasteiger partial charge in [-0.3, -0.25) is 4.79 Å². The number of halogens is 1. The van der Waals surface area contributed by atoms with Crippen LogP contribution in [0.5, 0.6) is 0 Å². The molecule has 2 bridgehead atoms. The van der Waals surface area contributed by atoms with Gasteiger partial charge in [-0.2, -0.15) is 0 Å². The smallest absolute Gasteiger partial charge is 0.223 e. The summed E-state index contributed by atoms with van der Waals surface area (Å²) in [5.41, 5.74) is 5.95. The molecule has 18 heavy (non-hydrogen) atoms. The zero-order chi connectivity index (χ0) is 11.8. The highest BCUT2D eigenvalue weighted by atomic mass is 35.5. The predicted molar refractivity (Wildman–Crippen MR) is 74.6 cm³/mol. The fourth-order valence-corrected chi connectivity index (χ4v) is 4.19. The van der Waals surface area contributed by atoms with E-state index in [9.17, 15) is 4.79 Å². The molecule has 5 atom stereocenters. The fourth-order valence-electron chi connectivity index (χ4n) is 4.19. The molecule has 104 valence electrons. The van der Waals surface area contributed by atoms with E-state index in [-0.39, 0.29) is 30.3 Å². The second-order valence-corrected chi connectivity index (χ2v) is 6.41. The highest BCUT2D eigenvalue weighted by Crippen LogP contribution is 2.44. The number of carbonyl (C=O) groups is 1. The lowest BCUT2D eigenvalue weighted by molar-refractivity contribution is -0.127. The predicted octanol–water partition coefficient (Wildman–Crippen LogP) is 2.23. The Labute approximate surface area is 116 Å². The summed E-state index contributed by atoms with van der Waals surface area (Å²) in [6, 6.07) is 0.735. The van der Waals surface area contributed by atoms with Crippen molar-refractivity contribution < 1.29 is 4.79 Å². The number of nitrogens with one attached hydrogen (secondary N) is 1. The van der Waals surface area contributed by atoms with Gasteiger partial charge in [0.15, 0.2) is 0 Å². The Morgan fingerprint density at radius 1 is 1.06 bits per heavy atom. The SMILES string of the molecule is Cl.NC1CCCC(C(=O)NC2CC3CCC2C3)C1. The minimum atomic E-state index is 0. The van der Waals surface area contributed by atoms with E-state index in [0.29, 0.717) is 6.04 Å². The minimum Gasteiger partial charge on any atom is -0.353 e. The van der Waals surface area contributed by atoms with Crippen LogP contribution in [0, 0.1) is 17.8 Å². The topological polar surface area (TPSA) is 55.1 Å². The van der Waals surface area contributed by atoms with Crippen molar-refractivity contribution in [1.29, 1.82) is 0 Å². The zero-order valence-corrected chi connectivity index (χ0v) is 11.8. The van der Waals surface area contributed by atoms with Gasteiger partial charge in [-0.15, -0.1) is 12.4 Å². The average molecular weight is 273 g/mol. The number of carbonyl (C=O) groups excluding carboxylic acids is 1. The molecule has 0 spiro atoms. The van der Waals surface area contributed by atoms with Crippen LogP contribution in [0.25, 0.3) is 0 Å². The molecule has 0 aliphatic heterocycles. The highest BCUT2D eigenvalue weighted by Gasteiger charge is 2.40. The maximum absolute atomic E-state index is 12.2. The maximum Gasteiger partial charge on any atom is 0.223 e. The molecule has 1 amide bonds. The van der Waals surface area contributed by atoms with Crippen LogP contribution in [0.1, 0.15) is 51.4 Å². The van der Waals surface area contributed by atoms with Crippen molar-refractivity contribution in [3.63, 3.8) is 0 Å². The van der Waals surface area contributed by atoms with Gasteiger partial charge in [-0.1, -0.05) is 12.8 Å². The number of rotatable bonds is 2. The zero-order valence-electron chi connectivity index (χ0n) is 10.9. The molecule has 0 aromatic heterocycles. The van der Waals surface area contributed by atoms with Gasteiger partial charge in [-0.05, 0) is 50.4 Å². The first-order chi connectivity index (χ1) is 8.22. The quantitative estimate of drug-likeness (QED) is 0.810. The molecule has 3 nitrogen and oxygen atoms in total. The Kier molecular flexibility index (Phi) is 4.54. The number of nitrogens with two attached hydrogens (primary N) is 1. The molecule has 0 heterocycles. The summed E-state index contributed by atoms with van der Waals surface area (Å²) in [6.45, 7) is 0. The molecule has 0 aromatic carbocycles.